The van der Waals surface area contributed by atoms with Gasteiger partial charge in [0, 0.05) is 25.3 Å². The molecule has 0 radical (unpaired) electrons. The van der Waals surface area contributed by atoms with Crippen molar-refractivity contribution in [3.8, 4) is 0 Å². The normalized spacial score (nSPS) is 19.5. The zero-order valence-corrected chi connectivity index (χ0v) is 19.3. The molecule has 0 aliphatic carbocycles. The number of carbonyl (C=O) groups is 1. The monoisotopic (exact) mass is 470 g/mol. The van der Waals surface area contributed by atoms with Gasteiger partial charge < -0.3 is 30.8 Å². The van der Waals surface area contributed by atoms with Gasteiger partial charge in [0.2, 0.25) is 0 Å². The first-order valence-corrected chi connectivity index (χ1v) is 10.8. The average Bonchev–Trinajstić information content (AvgIpc) is 3.00. The van der Waals surface area contributed by atoms with Crippen molar-refractivity contribution in [3.63, 3.8) is 0 Å². The van der Waals surface area contributed by atoms with E-state index in [1.54, 1.807) is 26.8 Å². The molecule has 3 heterocycles. The minimum Gasteiger partial charge on any atom is -0.384 e. The first-order chi connectivity index (χ1) is 14.6. The highest BCUT2D eigenvalue weighted by Crippen LogP contribution is 2.29. The molecule has 2 atom stereocenters. The number of nitrogens with one attached hydrogen (secondary N) is 2. The van der Waals surface area contributed by atoms with E-state index in [4.69, 9.17) is 33.7 Å². The third kappa shape index (κ3) is 5.48. The summed E-state index contributed by atoms with van der Waals surface area (Å²) in [6.45, 7) is 6.94. The molecular formula is C20H28Cl2N6O3. The number of carbonyl (C=O) groups excluding carboxylic acids is 1. The second-order valence-electron chi connectivity index (χ2n) is 8.10. The lowest BCUT2D eigenvalue weighted by Gasteiger charge is -2.39. The highest BCUT2D eigenvalue weighted by molar-refractivity contribution is 6.44. The van der Waals surface area contributed by atoms with Gasteiger partial charge in [-0.3, -0.25) is 4.79 Å². The van der Waals surface area contributed by atoms with Crippen molar-refractivity contribution in [1.29, 1.82) is 0 Å². The van der Waals surface area contributed by atoms with Crippen LogP contribution >= 0.6 is 23.2 Å². The lowest BCUT2D eigenvalue weighted by molar-refractivity contribution is 0.0241. The smallest absolute Gasteiger partial charge is 0.269 e. The maximum atomic E-state index is 12.8. The number of nitrogens with two attached hydrogens (primary N) is 1. The second-order valence-corrected chi connectivity index (χ2v) is 8.86. The number of hydrogen-bond donors (Lipinski definition) is 4. The van der Waals surface area contributed by atoms with Crippen LogP contribution in [-0.4, -0.2) is 64.6 Å². The van der Waals surface area contributed by atoms with E-state index in [1.807, 2.05) is 11.0 Å². The minimum atomic E-state index is -1.06. The summed E-state index contributed by atoms with van der Waals surface area (Å²) in [5.74, 6) is 0.336. The molecule has 0 bridgehead atoms. The van der Waals surface area contributed by atoms with Gasteiger partial charge in [0.25, 0.3) is 5.91 Å². The van der Waals surface area contributed by atoms with Crippen molar-refractivity contribution in [2.24, 2.45) is 5.73 Å². The maximum Gasteiger partial charge on any atom is 0.269 e. The van der Waals surface area contributed by atoms with E-state index in [1.165, 1.54) is 0 Å². The van der Waals surface area contributed by atoms with Crippen molar-refractivity contribution in [1.82, 2.24) is 20.5 Å². The highest BCUT2D eigenvalue weighted by atomic mass is 35.5. The zero-order valence-electron chi connectivity index (χ0n) is 17.8. The SMILES string of the molecule is Cc1[nH]c(C(=O)N[C@@H]2CCN(c3ccc(C(C)(C)O)nn3)C[C@@H]2OCCN)c(Cl)c1Cl. The third-order valence-corrected chi connectivity index (χ3v) is 6.15. The largest absolute Gasteiger partial charge is 0.384 e. The Hall–Kier alpha value is -1.91. The van der Waals surface area contributed by atoms with E-state index in [0.29, 0.717) is 54.9 Å². The van der Waals surface area contributed by atoms with Gasteiger partial charge in [0.05, 0.1) is 34.5 Å². The summed E-state index contributed by atoms with van der Waals surface area (Å²) in [6.07, 6.45) is 0.323. The summed E-state index contributed by atoms with van der Waals surface area (Å²) >= 11 is 12.3. The van der Waals surface area contributed by atoms with Gasteiger partial charge in [-0.05, 0) is 39.3 Å². The lowest BCUT2D eigenvalue weighted by Crippen LogP contribution is -2.55. The van der Waals surface area contributed by atoms with E-state index in [2.05, 4.69) is 20.5 Å². The molecule has 9 nitrogen and oxygen atoms in total. The Labute approximate surface area is 191 Å². The molecule has 11 heteroatoms. The Morgan fingerprint density at radius 2 is 2.13 bits per heavy atom. The van der Waals surface area contributed by atoms with Crippen LogP contribution in [0.15, 0.2) is 12.1 Å². The van der Waals surface area contributed by atoms with Crippen molar-refractivity contribution >= 4 is 34.9 Å². The minimum absolute atomic E-state index is 0.204. The Kier molecular flexibility index (Phi) is 7.43. The molecule has 1 amide bonds. The number of nitrogens with zero attached hydrogens (tertiary/aromatic N) is 3. The Morgan fingerprint density at radius 1 is 1.39 bits per heavy atom. The Balaban J connectivity index is 1.72. The van der Waals surface area contributed by atoms with Gasteiger partial charge in [0.15, 0.2) is 5.82 Å². The predicted molar refractivity (Wildman–Crippen MR) is 120 cm³/mol. The Morgan fingerprint density at radius 3 is 2.68 bits per heavy atom. The molecule has 1 aliphatic heterocycles. The van der Waals surface area contributed by atoms with E-state index in [0.717, 1.165) is 0 Å². The molecule has 0 unspecified atom stereocenters. The number of aromatic nitrogens is 3. The zero-order chi connectivity index (χ0) is 22.8. The van der Waals surface area contributed by atoms with Crippen molar-refractivity contribution in [3.05, 3.63) is 39.3 Å². The molecule has 2 aromatic rings. The van der Waals surface area contributed by atoms with Crippen LogP contribution in [0.2, 0.25) is 10.0 Å². The molecular weight excluding hydrogens is 443 g/mol. The number of piperidine rings is 1. The van der Waals surface area contributed by atoms with Crippen LogP contribution in [0.5, 0.6) is 0 Å². The molecule has 1 aliphatic rings. The molecule has 170 valence electrons. The van der Waals surface area contributed by atoms with Crippen LogP contribution in [0, 0.1) is 6.92 Å². The average molecular weight is 471 g/mol. The quantitative estimate of drug-likeness (QED) is 0.486. The van der Waals surface area contributed by atoms with Gasteiger partial charge in [-0.15, -0.1) is 5.10 Å². The fraction of sp³-hybridized carbons (Fsp3) is 0.550. The number of amides is 1. The molecule has 2 aromatic heterocycles. The summed E-state index contributed by atoms with van der Waals surface area (Å²) in [7, 11) is 0. The Bertz CT molecular complexity index is 913. The summed E-state index contributed by atoms with van der Waals surface area (Å²) in [4.78, 5) is 17.7. The van der Waals surface area contributed by atoms with Gasteiger partial charge in [0.1, 0.15) is 11.3 Å². The first kappa shape index (κ1) is 23.7. The number of H-pyrrole nitrogens is 1. The molecule has 3 rings (SSSR count). The number of ether oxygens (including phenoxy) is 1. The first-order valence-electron chi connectivity index (χ1n) is 10.1. The number of hydrogen-bond acceptors (Lipinski definition) is 7. The fourth-order valence-corrected chi connectivity index (χ4v) is 3.88. The predicted octanol–water partition coefficient (Wildman–Crippen LogP) is 2.00. The molecule has 1 saturated heterocycles. The van der Waals surface area contributed by atoms with Gasteiger partial charge >= 0.3 is 0 Å². The van der Waals surface area contributed by atoms with E-state index in [-0.39, 0.29) is 28.8 Å². The number of rotatable bonds is 7. The summed E-state index contributed by atoms with van der Waals surface area (Å²) in [5.41, 5.74) is 5.92. The summed E-state index contributed by atoms with van der Waals surface area (Å²) < 4.78 is 5.93. The third-order valence-electron chi connectivity index (χ3n) is 5.21. The second kappa shape index (κ2) is 9.70. The lowest BCUT2D eigenvalue weighted by atomic mass is 10.0. The number of aryl methyl sites for hydroxylation is 1. The molecule has 0 spiro atoms. The number of aromatic amines is 1. The van der Waals surface area contributed by atoms with Crippen molar-refractivity contribution < 1.29 is 14.6 Å². The molecule has 0 aromatic carbocycles. The van der Waals surface area contributed by atoms with Crippen LogP contribution in [0.25, 0.3) is 0 Å². The molecule has 0 saturated carbocycles. The van der Waals surface area contributed by atoms with E-state index in [9.17, 15) is 9.90 Å². The van der Waals surface area contributed by atoms with Gasteiger partial charge in [-0.2, -0.15) is 5.10 Å². The standard InChI is InChI=1S/C20H28Cl2N6O3/c1-11-16(21)17(22)18(24-11)19(29)25-12-6-8-28(10-13(12)31-9-7-23)15-5-4-14(26-27-15)20(2,3)30/h4-5,12-13,24,30H,6-10,23H2,1-3H3,(H,25,29)/t12-,13+/m1/s1. The number of aliphatic hydroxyl groups is 1. The molecule has 1 fully saturated rings. The maximum absolute atomic E-state index is 12.8. The molecule has 31 heavy (non-hydrogen) atoms. The van der Waals surface area contributed by atoms with Gasteiger partial charge in [-0.1, -0.05) is 23.2 Å². The van der Waals surface area contributed by atoms with Crippen LogP contribution < -0.4 is 16.0 Å². The summed E-state index contributed by atoms with van der Waals surface area (Å²) in [5, 5.41) is 22.0. The van der Waals surface area contributed by atoms with Gasteiger partial charge in [-0.25, -0.2) is 0 Å². The highest BCUT2D eigenvalue weighted by Gasteiger charge is 2.33. The van der Waals surface area contributed by atoms with Crippen LogP contribution in [-0.2, 0) is 10.3 Å². The van der Waals surface area contributed by atoms with E-state index >= 15 is 0 Å². The summed E-state index contributed by atoms with van der Waals surface area (Å²) in [6, 6.07) is 3.34. The van der Waals surface area contributed by atoms with Crippen molar-refractivity contribution in [2.45, 2.75) is 44.9 Å². The number of halogens is 2. The topological polar surface area (TPSA) is 129 Å². The fourth-order valence-electron chi connectivity index (χ4n) is 3.47. The number of anilines is 1. The van der Waals surface area contributed by atoms with Crippen molar-refractivity contribution in [2.75, 3.05) is 31.1 Å². The van der Waals surface area contributed by atoms with Crippen LogP contribution in [0.4, 0.5) is 5.82 Å². The van der Waals surface area contributed by atoms with E-state index < -0.39 is 5.60 Å². The van der Waals surface area contributed by atoms with Crippen LogP contribution in [0.3, 0.4) is 0 Å². The van der Waals surface area contributed by atoms with Crippen LogP contribution in [0.1, 0.15) is 42.1 Å². The molecule has 5 N–H and O–H groups in total.